The van der Waals surface area contributed by atoms with Gasteiger partial charge in [-0.1, -0.05) is 0 Å². The van der Waals surface area contributed by atoms with Gasteiger partial charge in [0.25, 0.3) is 5.09 Å². The zero-order valence-corrected chi connectivity index (χ0v) is 4.99. The Kier molecular flexibility index (Phi) is 8.87. The fourth-order valence-corrected chi connectivity index (χ4v) is 0.115. The Labute approximate surface area is 56.2 Å². The molecular formula is C2H5FeNO4. The average molecular weight is 163 g/mol. The zero-order valence-electron chi connectivity index (χ0n) is 3.89. The molecule has 0 rings (SSSR count). The van der Waals surface area contributed by atoms with E-state index in [9.17, 15) is 10.1 Å². The van der Waals surface area contributed by atoms with Crippen LogP contribution in [0.1, 0.15) is 0 Å². The van der Waals surface area contributed by atoms with Crippen LogP contribution in [0.15, 0.2) is 0 Å². The van der Waals surface area contributed by atoms with Crippen molar-refractivity contribution in [3.05, 3.63) is 10.1 Å². The van der Waals surface area contributed by atoms with E-state index in [0.717, 1.165) is 0 Å². The summed E-state index contributed by atoms with van der Waals surface area (Å²) in [5, 5.41) is 16.2. The molecule has 0 heterocycles. The van der Waals surface area contributed by atoms with Gasteiger partial charge in [0.05, 0.1) is 6.61 Å². The summed E-state index contributed by atoms with van der Waals surface area (Å²) in [5.74, 6) is 0. The maximum absolute atomic E-state index is 9.23. The quantitative estimate of drug-likeness (QED) is 0.335. The first-order valence-corrected chi connectivity index (χ1v) is 1.65. The van der Waals surface area contributed by atoms with E-state index in [1.165, 1.54) is 0 Å². The van der Waals surface area contributed by atoms with Crippen LogP contribution in [0.2, 0.25) is 0 Å². The standard InChI is InChI=1S/C2H5NO4.Fe/c4-1-2-7-3(5)6;/h4H,1-2H2;. The number of aliphatic hydroxyl groups excluding tert-OH is 1. The first-order valence-electron chi connectivity index (χ1n) is 1.65. The molecule has 0 radical (unpaired) electrons. The van der Waals surface area contributed by atoms with Gasteiger partial charge in [0.15, 0.2) is 0 Å². The Morgan fingerprint density at radius 3 is 2.38 bits per heavy atom. The number of aliphatic hydroxyl groups is 1. The van der Waals surface area contributed by atoms with E-state index in [-0.39, 0.29) is 30.3 Å². The van der Waals surface area contributed by atoms with Crippen LogP contribution >= 0.6 is 0 Å². The minimum absolute atomic E-state index is 0. The predicted octanol–water partition coefficient (Wildman–Crippen LogP) is -0.816. The minimum atomic E-state index is -0.948. The third-order valence-corrected chi connectivity index (χ3v) is 0.288. The van der Waals surface area contributed by atoms with Gasteiger partial charge in [0, 0.05) is 17.1 Å². The van der Waals surface area contributed by atoms with Gasteiger partial charge in [-0.25, -0.2) is 0 Å². The van der Waals surface area contributed by atoms with Crippen molar-refractivity contribution in [1.82, 2.24) is 0 Å². The van der Waals surface area contributed by atoms with Crippen molar-refractivity contribution in [1.29, 1.82) is 0 Å². The van der Waals surface area contributed by atoms with Crippen molar-refractivity contribution in [2.45, 2.75) is 0 Å². The second-order valence-corrected chi connectivity index (χ2v) is 0.780. The Bertz CT molecular complexity index is 67.1. The molecule has 0 aromatic rings. The molecule has 50 valence electrons. The fraction of sp³-hybridized carbons (Fsp3) is 1.00. The molecule has 0 amide bonds. The number of rotatable bonds is 3. The number of nitrogens with zero attached hydrogens (tertiary/aromatic N) is 1. The molecule has 6 heteroatoms. The van der Waals surface area contributed by atoms with Crippen molar-refractivity contribution in [2.75, 3.05) is 13.2 Å². The molecular weight excluding hydrogens is 158 g/mol. The smallest absolute Gasteiger partial charge is 0.294 e. The molecule has 0 saturated heterocycles. The molecule has 0 aliphatic rings. The molecule has 0 aliphatic heterocycles. The van der Waals surface area contributed by atoms with E-state index < -0.39 is 5.09 Å². The van der Waals surface area contributed by atoms with Crippen molar-refractivity contribution in [3.63, 3.8) is 0 Å². The molecule has 0 aromatic carbocycles. The van der Waals surface area contributed by atoms with Crippen molar-refractivity contribution in [3.8, 4) is 0 Å². The summed E-state index contributed by atoms with van der Waals surface area (Å²) in [6.45, 7) is -0.562. The molecule has 0 unspecified atom stereocenters. The summed E-state index contributed by atoms with van der Waals surface area (Å²) in [5.41, 5.74) is 0. The second kappa shape index (κ2) is 6.68. The first-order chi connectivity index (χ1) is 3.27. The van der Waals surface area contributed by atoms with Crippen LogP contribution in [-0.4, -0.2) is 23.4 Å². The first kappa shape index (κ1) is 10.6. The van der Waals surface area contributed by atoms with Gasteiger partial charge in [0.2, 0.25) is 0 Å². The van der Waals surface area contributed by atoms with Gasteiger partial charge in [-0.3, -0.25) is 0 Å². The van der Waals surface area contributed by atoms with Crippen LogP contribution < -0.4 is 0 Å². The summed E-state index contributed by atoms with van der Waals surface area (Å²) < 4.78 is 0. The van der Waals surface area contributed by atoms with Crippen LogP contribution in [0, 0.1) is 10.1 Å². The monoisotopic (exact) mass is 163 g/mol. The zero-order chi connectivity index (χ0) is 5.70. The molecule has 0 aromatic heterocycles. The summed E-state index contributed by atoms with van der Waals surface area (Å²) in [4.78, 5) is 12.9. The van der Waals surface area contributed by atoms with E-state index in [1.54, 1.807) is 0 Å². The molecule has 0 spiro atoms. The minimum Gasteiger partial charge on any atom is -0.394 e. The summed E-state index contributed by atoms with van der Waals surface area (Å²) in [7, 11) is 0. The van der Waals surface area contributed by atoms with E-state index in [4.69, 9.17) is 5.11 Å². The maximum atomic E-state index is 9.23. The van der Waals surface area contributed by atoms with Crippen molar-refractivity contribution < 1.29 is 32.1 Å². The normalized spacial score (nSPS) is 7.12. The molecule has 0 fully saturated rings. The molecule has 8 heavy (non-hydrogen) atoms. The average Bonchev–Trinajstić information content (AvgIpc) is 1.61. The predicted molar refractivity (Wildman–Crippen MR) is 20.0 cm³/mol. The molecule has 0 bridgehead atoms. The SMILES string of the molecule is O=[N+]([O-])OCCO.[Fe]. The Morgan fingerprint density at radius 1 is 1.75 bits per heavy atom. The topological polar surface area (TPSA) is 72.6 Å². The van der Waals surface area contributed by atoms with Crippen LogP contribution in [0.5, 0.6) is 0 Å². The van der Waals surface area contributed by atoms with Crippen LogP contribution in [0.25, 0.3) is 0 Å². The van der Waals surface area contributed by atoms with Gasteiger partial charge >= 0.3 is 0 Å². The number of hydrogen-bond donors (Lipinski definition) is 1. The summed E-state index contributed by atoms with van der Waals surface area (Å²) in [6.07, 6.45) is 0. The molecule has 1 N–H and O–H groups in total. The molecule has 0 saturated carbocycles. The van der Waals surface area contributed by atoms with Gasteiger partial charge in [-0.15, -0.1) is 10.1 Å². The third kappa shape index (κ3) is 9.19. The largest absolute Gasteiger partial charge is 0.394 e. The van der Waals surface area contributed by atoms with Crippen molar-refractivity contribution >= 4 is 0 Å². The molecule has 0 atom stereocenters. The van der Waals surface area contributed by atoms with E-state index >= 15 is 0 Å². The van der Waals surface area contributed by atoms with E-state index in [0.29, 0.717) is 0 Å². The van der Waals surface area contributed by atoms with Gasteiger partial charge in [-0.2, -0.15) is 0 Å². The maximum Gasteiger partial charge on any atom is 0.294 e. The molecule has 0 aliphatic carbocycles. The van der Waals surface area contributed by atoms with Crippen molar-refractivity contribution in [2.24, 2.45) is 0 Å². The van der Waals surface area contributed by atoms with Crippen LogP contribution in [0.3, 0.4) is 0 Å². The van der Waals surface area contributed by atoms with E-state index in [1.807, 2.05) is 0 Å². The summed E-state index contributed by atoms with van der Waals surface area (Å²) >= 11 is 0. The summed E-state index contributed by atoms with van der Waals surface area (Å²) in [6, 6.07) is 0. The molecule has 5 nitrogen and oxygen atoms in total. The van der Waals surface area contributed by atoms with Gasteiger partial charge < -0.3 is 9.94 Å². The van der Waals surface area contributed by atoms with Crippen LogP contribution in [-0.2, 0) is 21.9 Å². The number of hydrogen-bond acceptors (Lipinski definition) is 4. The van der Waals surface area contributed by atoms with Gasteiger partial charge in [-0.05, 0) is 0 Å². The Hall–Kier alpha value is -0.321. The van der Waals surface area contributed by atoms with Crippen LogP contribution in [0.4, 0.5) is 0 Å². The van der Waals surface area contributed by atoms with E-state index in [2.05, 4.69) is 4.84 Å². The second-order valence-electron chi connectivity index (χ2n) is 0.780. The Morgan fingerprint density at radius 2 is 2.25 bits per heavy atom. The Balaban J connectivity index is 0. The third-order valence-electron chi connectivity index (χ3n) is 0.288. The van der Waals surface area contributed by atoms with Gasteiger partial charge in [0.1, 0.15) is 6.61 Å². The fourth-order valence-electron chi connectivity index (χ4n) is 0.115.